The number of methoxy groups -OCH3 is 1. The molecule has 0 fully saturated rings. The number of ether oxygens (including phenoxy) is 2. The predicted octanol–water partition coefficient (Wildman–Crippen LogP) is 0.935. The Morgan fingerprint density at radius 2 is 2.33 bits per heavy atom. The molecule has 70 valence electrons. The third-order valence-electron chi connectivity index (χ3n) is 1.15. The van der Waals surface area contributed by atoms with E-state index < -0.39 is 6.09 Å². The molecule has 4 nitrogen and oxygen atoms in total. The standard InChI is InChI=1S/C8H15NO3/c1-3-4-6-12-7-5-9-8(10)11-2/h3-4H,5-7H2,1-2H3,(H,9,10). The molecule has 0 aliphatic rings. The summed E-state index contributed by atoms with van der Waals surface area (Å²) in [6, 6.07) is 0. The van der Waals surface area contributed by atoms with E-state index in [4.69, 9.17) is 4.74 Å². The van der Waals surface area contributed by atoms with Crippen LogP contribution in [0.4, 0.5) is 4.79 Å². The van der Waals surface area contributed by atoms with Crippen LogP contribution in [0.1, 0.15) is 6.92 Å². The second-order valence-corrected chi connectivity index (χ2v) is 2.06. The highest BCUT2D eigenvalue weighted by molar-refractivity contribution is 5.66. The van der Waals surface area contributed by atoms with Gasteiger partial charge < -0.3 is 14.8 Å². The summed E-state index contributed by atoms with van der Waals surface area (Å²) in [6.07, 6.45) is 3.39. The minimum absolute atomic E-state index is 0.426. The third kappa shape index (κ3) is 7.08. The van der Waals surface area contributed by atoms with Crippen LogP contribution in [0, 0.1) is 0 Å². The Hall–Kier alpha value is -1.03. The zero-order valence-electron chi connectivity index (χ0n) is 7.50. The summed E-state index contributed by atoms with van der Waals surface area (Å²) in [6.45, 7) is 3.49. The van der Waals surface area contributed by atoms with Gasteiger partial charge >= 0.3 is 6.09 Å². The molecule has 0 bridgehead atoms. The van der Waals surface area contributed by atoms with Crippen LogP contribution in [-0.2, 0) is 9.47 Å². The fourth-order valence-corrected chi connectivity index (χ4v) is 0.545. The first-order valence-corrected chi connectivity index (χ1v) is 3.82. The molecule has 0 aromatic rings. The summed E-state index contributed by atoms with van der Waals surface area (Å²) in [7, 11) is 1.33. The molecule has 0 saturated carbocycles. The number of alkyl carbamates (subject to hydrolysis) is 1. The van der Waals surface area contributed by atoms with Gasteiger partial charge in [-0.15, -0.1) is 0 Å². The van der Waals surface area contributed by atoms with Gasteiger partial charge in [-0.3, -0.25) is 0 Å². The number of hydrogen-bond donors (Lipinski definition) is 1. The van der Waals surface area contributed by atoms with Gasteiger partial charge in [0.2, 0.25) is 0 Å². The second kappa shape index (κ2) is 8.07. The van der Waals surface area contributed by atoms with E-state index in [-0.39, 0.29) is 0 Å². The van der Waals surface area contributed by atoms with Crippen molar-refractivity contribution < 1.29 is 14.3 Å². The molecule has 12 heavy (non-hydrogen) atoms. The maximum Gasteiger partial charge on any atom is 0.406 e. The Morgan fingerprint density at radius 3 is 2.92 bits per heavy atom. The molecule has 0 saturated heterocycles. The molecule has 0 aliphatic heterocycles. The molecule has 0 aliphatic carbocycles. The molecule has 0 unspecified atom stereocenters. The highest BCUT2D eigenvalue weighted by Crippen LogP contribution is 1.77. The molecule has 0 aromatic heterocycles. The van der Waals surface area contributed by atoms with Gasteiger partial charge in [0.05, 0.1) is 20.3 Å². The normalized spacial score (nSPS) is 10.2. The van der Waals surface area contributed by atoms with Crippen molar-refractivity contribution in [3.8, 4) is 0 Å². The lowest BCUT2D eigenvalue weighted by molar-refractivity contribution is 0.147. The van der Waals surface area contributed by atoms with Crippen LogP contribution < -0.4 is 5.32 Å². The van der Waals surface area contributed by atoms with Crippen LogP contribution >= 0.6 is 0 Å². The lowest BCUT2D eigenvalue weighted by atomic mass is 10.5. The van der Waals surface area contributed by atoms with Gasteiger partial charge in [-0.2, -0.15) is 0 Å². The van der Waals surface area contributed by atoms with Crippen molar-refractivity contribution >= 4 is 6.09 Å². The number of carbonyl (C=O) groups is 1. The van der Waals surface area contributed by atoms with Crippen molar-refractivity contribution in [2.24, 2.45) is 0 Å². The van der Waals surface area contributed by atoms with Gasteiger partial charge in [-0.1, -0.05) is 12.2 Å². The first-order chi connectivity index (χ1) is 5.81. The average molecular weight is 173 g/mol. The third-order valence-corrected chi connectivity index (χ3v) is 1.15. The highest BCUT2D eigenvalue weighted by Gasteiger charge is 1.94. The SMILES string of the molecule is CC=CCOCCNC(=O)OC. The van der Waals surface area contributed by atoms with E-state index in [0.29, 0.717) is 19.8 Å². The minimum Gasteiger partial charge on any atom is -0.453 e. The number of carbonyl (C=O) groups excluding carboxylic acids is 1. The van der Waals surface area contributed by atoms with Crippen LogP contribution in [0.5, 0.6) is 0 Å². The second-order valence-electron chi connectivity index (χ2n) is 2.06. The monoisotopic (exact) mass is 173 g/mol. The van der Waals surface area contributed by atoms with E-state index >= 15 is 0 Å². The Kier molecular flexibility index (Phi) is 7.38. The molecular formula is C8H15NO3. The molecule has 0 atom stereocenters. The lowest BCUT2D eigenvalue weighted by Gasteiger charge is -2.02. The molecule has 1 amide bonds. The van der Waals surface area contributed by atoms with Crippen molar-refractivity contribution in [1.29, 1.82) is 0 Å². The van der Waals surface area contributed by atoms with Crippen molar-refractivity contribution in [1.82, 2.24) is 5.32 Å². The molecule has 0 radical (unpaired) electrons. The fraction of sp³-hybridized carbons (Fsp3) is 0.625. The lowest BCUT2D eigenvalue weighted by Crippen LogP contribution is -2.26. The predicted molar refractivity (Wildman–Crippen MR) is 46.0 cm³/mol. The highest BCUT2D eigenvalue weighted by atomic mass is 16.5. The Balaban J connectivity index is 3.05. The van der Waals surface area contributed by atoms with Crippen molar-refractivity contribution in [2.45, 2.75) is 6.92 Å². The van der Waals surface area contributed by atoms with E-state index in [1.165, 1.54) is 7.11 Å². The number of amides is 1. The first-order valence-electron chi connectivity index (χ1n) is 3.82. The Bertz CT molecular complexity index is 145. The zero-order chi connectivity index (χ0) is 9.23. The van der Waals surface area contributed by atoms with E-state index in [0.717, 1.165) is 0 Å². The smallest absolute Gasteiger partial charge is 0.406 e. The molecule has 0 spiro atoms. The summed E-state index contributed by atoms with van der Waals surface area (Å²) in [4.78, 5) is 10.5. The van der Waals surface area contributed by atoms with Gasteiger partial charge in [-0.25, -0.2) is 4.79 Å². The van der Waals surface area contributed by atoms with Gasteiger partial charge in [-0.05, 0) is 6.92 Å². The summed E-state index contributed by atoms with van der Waals surface area (Å²) >= 11 is 0. The van der Waals surface area contributed by atoms with Crippen molar-refractivity contribution in [3.63, 3.8) is 0 Å². The Labute approximate surface area is 72.5 Å². The summed E-state index contributed by atoms with van der Waals surface area (Å²) in [5.74, 6) is 0. The molecule has 4 heteroatoms. The largest absolute Gasteiger partial charge is 0.453 e. The van der Waals surface area contributed by atoms with E-state index in [9.17, 15) is 4.79 Å². The van der Waals surface area contributed by atoms with Crippen LogP contribution in [0.2, 0.25) is 0 Å². The van der Waals surface area contributed by atoms with Crippen LogP contribution in [0.25, 0.3) is 0 Å². The number of nitrogens with one attached hydrogen (secondary N) is 1. The van der Waals surface area contributed by atoms with Crippen LogP contribution in [-0.4, -0.2) is 33.0 Å². The first kappa shape index (κ1) is 11.0. The number of allylic oxidation sites excluding steroid dienone is 1. The quantitative estimate of drug-likeness (QED) is 0.497. The van der Waals surface area contributed by atoms with Crippen LogP contribution in [0.3, 0.4) is 0 Å². The molecule has 0 heterocycles. The topological polar surface area (TPSA) is 47.6 Å². The molecule has 1 N–H and O–H groups in total. The average Bonchev–Trinajstić information content (AvgIpc) is 2.10. The fourth-order valence-electron chi connectivity index (χ4n) is 0.545. The Morgan fingerprint density at radius 1 is 1.58 bits per heavy atom. The van der Waals surface area contributed by atoms with E-state index in [2.05, 4.69) is 10.1 Å². The zero-order valence-corrected chi connectivity index (χ0v) is 7.50. The molecular weight excluding hydrogens is 158 g/mol. The summed E-state index contributed by atoms with van der Waals surface area (Å²) < 4.78 is 9.47. The number of hydrogen-bond acceptors (Lipinski definition) is 3. The summed E-state index contributed by atoms with van der Waals surface area (Å²) in [5.41, 5.74) is 0. The van der Waals surface area contributed by atoms with E-state index in [1.807, 2.05) is 19.1 Å². The minimum atomic E-state index is -0.426. The van der Waals surface area contributed by atoms with Gasteiger partial charge in [0.1, 0.15) is 0 Å². The van der Waals surface area contributed by atoms with E-state index in [1.54, 1.807) is 0 Å². The number of rotatable bonds is 5. The molecule has 0 aromatic carbocycles. The van der Waals surface area contributed by atoms with Crippen molar-refractivity contribution in [2.75, 3.05) is 26.9 Å². The van der Waals surface area contributed by atoms with Gasteiger partial charge in [0.15, 0.2) is 0 Å². The van der Waals surface area contributed by atoms with Gasteiger partial charge in [0, 0.05) is 6.54 Å². The maximum absolute atomic E-state index is 10.5. The summed E-state index contributed by atoms with van der Waals surface area (Å²) in [5, 5.41) is 2.50. The molecule has 0 rings (SSSR count). The van der Waals surface area contributed by atoms with Gasteiger partial charge in [0.25, 0.3) is 0 Å². The van der Waals surface area contributed by atoms with Crippen molar-refractivity contribution in [3.05, 3.63) is 12.2 Å². The maximum atomic E-state index is 10.5. The van der Waals surface area contributed by atoms with Crippen LogP contribution in [0.15, 0.2) is 12.2 Å².